The maximum absolute atomic E-state index is 13.4. The van der Waals surface area contributed by atoms with Crippen molar-refractivity contribution in [2.45, 2.75) is 32.9 Å². The van der Waals surface area contributed by atoms with Crippen LogP contribution in [0.2, 0.25) is 0 Å². The van der Waals surface area contributed by atoms with Gasteiger partial charge in [-0.15, -0.1) is 0 Å². The van der Waals surface area contributed by atoms with Crippen LogP contribution in [-0.4, -0.2) is 46.3 Å². The quantitative estimate of drug-likeness (QED) is 0.382. The van der Waals surface area contributed by atoms with Gasteiger partial charge in [0.15, 0.2) is 0 Å². The summed E-state index contributed by atoms with van der Waals surface area (Å²) in [5.74, 6) is -1.36. The van der Waals surface area contributed by atoms with Crippen molar-refractivity contribution in [1.29, 1.82) is 0 Å². The lowest BCUT2D eigenvalue weighted by Crippen LogP contribution is -2.37. The second-order valence-corrected chi connectivity index (χ2v) is 8.35. The molecule has 0 bridgehead atoms. The maximum atomic E-state index is 13.4. The number of hydrogen-bond donors (Lipinski definition) is 1. The van der Waals surface area contributed by atoms with E-state index in [-0.39, 0.29) is 19.6 Å². The zero-order valence-electron chi connectivity index (χ0n) is 20.0. The summed E-state index contributed by atoms with van der Waals surface area (Å²) in [7, 11) is 0. The predicted molar refractivity (Wildman–Crippen MR) is 133 cm³/mol. The molecule has 1 unspecified atom stereocenters. The van der Waals surface area contributed by atoms with Crippen molar-refractivity contribution in [2.24, 2.45) is 0 Å². The number of aryl methyl sites for hydroxylation is 1. The Kier molecular flexibility index (Phi) is 7.39. The van der Waals surface area contributed by atoms with E-state index in [4.69, 9.17) is 4.74 Å². The first-order valence-corrected chi connectivity index (χ1v) is 11.5. The average Bonchev–Trinajstić information content (AvgIpc) is 3.09. The summed E-state index contributed by atoms with van der Waals surface area (Å²) in [5.41, 5.74) is 3.01. The summed E-state index contributed by atoms with van der Waals surface area (Å²) in [6.45, 7) is 4.03. The molecule has 9 nitrogen and oxygen atoms in total. The molecule has 4 rings (SSSR count). The molecule has 9 heteroatoms. The molecule has 1 aromatic heterocycles. The Morgan fingerprint density at radius 3 is 2.39 bits per heavy atom. The molecule has 1 saturated heterocycles. The zero-order valence-corrected chi connectivity index (χ0v) is 20.0. The number of hydrogen-bond acceptors (Lipinski definition) is 6. The minimum atomic E-state index is -0.988. The molecule has 1 atom stereocenters. The van der Waals surface area contributed by atoms with Gasteiger partial charge < -0.3 is 15.0 Å². The number of ether oxygens (including phenoxy) is 1. The monoisotopic (exact) mass is 486 g/mol. The van der Waals surface area contributed by atoms with E-state index >= 15 is 0 Å². The van der Waals surface area contributed by atoms with E-state index in [0.29, 0.717) is 16.9 Å². The standard InChI is InChI=1S/C27H26N4O5/c1-3-36-26(34)20-8-10-21(11-9-20)29-24(32)15-23-25(33)31(22-12-6-18(2)7-13-22)27(35)30(23)17-19-5-4-14-28-16-19/h4-14,16,23H,3,15,17H2,1-2H3,(H,29,32). The van der Waals surface area contributed by atoms with Gasteiger partial charge in [-0.05, 0) is 61.9 Å². The molecule has 36 heavy (non-hydrogen) atoms. The van der Waals surface area contributed by atoms with Crippen LogP contribution in [0.3, 0.4) is 0 Å². The molecule has 1 N–H and O–H groups in total. The van der Waals surface area contributed by atoms with Gasteiger partial charge >= 0.3 is 12.0 Å². The number of pyridine rings is 1. The van der Waals surface area contributed by atoms with Gasteiger partial charge in [0.05, 0.1) is 24.3 Å². The van der Waals surface area contributed by atoms with Crippen LogP contribution in [0.4, 0.5) is 16.2 Å². The van der Waals surface area contributed by atoms with Crippen molar-refractivity contribution >= 4 is 35.2 Å². The van der Waals surface area contributed by atoms with E-state index in [0.717, 1.165) is 16.0 Å². The summed E-state index contributed by atoms with van der Waals surface area (Å²) in [4.78, 5) is 58.1. The topological polar surface area (TPSA) is 109 Å². The van der Waals surface area contributed by atoms with Gasteiger partial charge in [-0.3, -0.25) is 14.6 Å². The smallest absolute Gasteiger partial charge is 0.338 e. The number of urea groups is 1. The summed E-state index contributed by atoms with van der Waals surface area (Å²) in [5, 5.41) is 2.74. The molecule has 4 amide bonds. The first-order valence-electron chi connectivity index (χ1n) is 11.5. The predicted octanol–water partition coefficient (Wildman–Crippen LogP) is 3.93. The molecular weight excluding hydrogens is 460 g/mol. The third-order valence-corrected chi connectivity index (χ3v) is 5.75. The highest BCUT2D eigenvalue weighted by Gasteiger charge is 2.46. The highest BCUT2D eigenvalue weighted by molar-refractivity contribution is 6.22. The minimum Gasteiger partial charge on any atom is -0.462 e. The number of anilines is 2. The van der Waals surface area contributed by atoms with Gasteiger partial charge in [0.25, 0.3) is 5.91 Å². The first-order chi connectivity index (χ1) is 17.4. The molecule has 1 fully saturated rings. The van der Waals surface area contributed by atoms with Gasteiger partial charge in [-0.25, -0.2) is 14.5 Å². The molecule has 184 valence electrons. The van der Waals surface area contributed by atoms with Crippen molar-refractivity contribution in [2.75, 3.05) is 16.8 Å². The zero-order chi connectivity index (χ0) is 25.7. The highest BCUT2D eigenvalue weighted by Crippen LogP contribution is 2.29. The molecular formula is C27H26N4O5. The van der Waals surface area contributed by atoms with E-state index < -0.39 is 29.9 Å². The largest absolute Gasteiger partial charge is 0.462 e. The van der Waals surface area contributed by atoms with Crippen LogP contribution < -0.4 is 10.2 Å². The van der Waals surface area contributed by atoms with E-state index in [9.17, 15) is 19.2 Å². The van der Waals surface area contributed by atoms with Gasteiger partial charge in [-0.2, -0.15) is 0 Å². The van der Waals surface area contributed by atoms with Crippen molar-refractivity contribution < 1.29 is 23.9 Å². The Hall–Kier alpha value is -4.53. The van der Waals surface area contributed by atoms with E-state index in [1.807, 2.05) is 25.1 Å². The molecule has 1 aliphatic rings. The highest BCUT2D eigenvalue weighted by atomic mass is 16.5. The van der Waals surface area contributed by atoms with Gasteiger partial charge in [0, 0.05) is 24.6 Å². The summed E-state index contributed by atoms with van der Waals surface area (Å²) in [6, 6.07) is 15.4. The first kappa shape index (κ1) is 24.6. The van der Waals surface area contributed by atoms with Crippen LogP contribution in [0.15, 0.2) is 73.1 Å². The molecule has 1 aliphatic heterocycles. The van der Waals surface area contributed by atoms with E-state index in [1.165, 1.54) is 4.90 Å². The Morgan fingerprint density at radius 2 is 1.75 bits per heavy atom. The Balaban J connectivity index is 1.53. The number of nitrogens with zero attached hydrogens (tertiary/aromatic N) is 3. The molecule has 0 spiro atoms. The number of carbonyl (C=O) groups excluding carboxylic acids is 4. The van der Waals surface area contributed by atoms with Gasteiger partial charge in [0.1, 0.15) is 6.04 Å². The normalized spacial score (nSPS) is 15.2. The number of nitrogens with one attached hydrogen (secondary N) is 1. The van der Waals surface area contributed by atoms with Crippen LogP contribution in [0.1, 0.15) is 34.8 Å². The van der Waals surface area contributed by atoms with Crippen molar-refractivity contribution in [3.05, 3.63) is 89.7 Å². The lowest BCUT2D eigenvalue weighted by molar-refractivity contribution is -0.124. The molecule has 3 aromatic rings. The van der Waals surface area contributed by atoms with E-state index in [2.05, 4.69) is 10.3 Å². The fourth-order valence-corrected chi connectivity index (χ4v) is 3.93. The van der Waals surface area contributed by atoms with E-state index in [1.54, 1.807) is 61.8 Å². The Bertz CT molecular complexity index is 1260. The molecule has 0 radical (unpaired) electrons. The SMILES string of the molecule is CCOC(=O)c1ccc(NC(=O)CC2C(=O)N(c3ccc(C)cc3)C(=O)N2Cc2cccnc2)cc1. The minimum absolute atomic E-state index is 0.132. The second kappa shape index (κ2) is 10.8. The Labute approximate surface area is 208 Å². The number of carbonyl (C=O) groups is 4. The summed E-state index contributed by atoms with van der Waals surface area (Å²) < 4.78 is 4.96. The second-order valence-electron chi connectivity index (χ2n) is 8.35. The number of esters is 1. The van der Waals surface area contributed by atoms with Crippen LogP contribution in [0.25, 0.3) is 0 Å². The van der Waals surface area contributed by atoms with Crippen LogP contribution in [0, 0.1) is 6.92 Å². The number of rotatable bonds is 8. The number of aromatic nitrogens is 1. The summed E-state index contributed by atoms with van der Waals surface area (Å²) in [6.07, 6.45) is 3.01. The van der Waals surface area contributed by atoms with Crippen LogP contribution in [-0.2, 0) is 20.9 Å². The molecule has 2 heterocycles. The summed E-state index contributed by atoms with van der Waals surface area (Å²) >= 11 is 0. The number of benzene rings is 2. The van der Waals surface area contributed by atoms with Gasteiger partial charge in [0.2, 0.25) is 5.91 Å². The fraction of sp³-hybridized carbons (Fsp3) is 0.222. The average molecular weight is 487 g/mol. The third-order valence-electron chi connectivity index (χ3n) is 5.75. The molecule has 0 saturated carbocycles. The lowest BCUT2D eigenvalue weighted by atomic mass is 10.1. The van der Waals surface area contributed by atoms with Crippen molar-refractivity contribution in [3.63, 3.8) is 0 Å². The number of amides is 4. The Morgan fingerprint density at radius 1 is 1.03 bits per heavy atom. The van der Waals surface area contributed by atoms with Crippen LogP contribution in [0.5, 0.6) is 0 Å². The van der Waals surface area contributed by atoms with Crippen molar-refractivity contribution in [3.8, 4) is 0 Å². The lowest BCUT2D eigenvalue weighted by Gasteiger charge is -2.21. The number of imide groups is 1. The fourth-order valence-electron chi connectivity index (χ4n) is 3.93. The maximum Gasteiger partial charge on any atom is 0.338 e. The third kappa shape index (κ3) is 5.41. The van der Waals surface area contributed by atoms with Gasteiger partial charge in [-0.1, -0.05) is 23.8 Å². The van der Waals surface area contributed by atoms with Crippen LogP contribution >= 0.6 is 0 Å². The molecule has 0 aliphatic carbocycles. The molecule has 2 aromatic carbocycles. The van der Waals surface area contributed by atoms with Crippen molar-refractivity contribution in [1.82, 2.24) is 9.88 Å².